The molecule has 0 bridgehead atoms. The molecule has 2 rings (SSSR count). The molecule has 0 atom stereocenters. The van der Waals surface area contributed by atoms with Gasteiger partial charge in [0.1, 0.15) is 18.9 Å². The highest BCUT2D eigenvalue weighted by Crippen LogP contribution is 2.38. The molecule has 1 aliphatic heterocycles. The highest BCUT2D eigenvalue weighted by Gasteiger charge is 2.42. The van der Waals surface area contributed by atoms with Crippen LogP contribution >= 0.6 is 0 Å². The average molecular weight is 363 g/mol. The van der Waals surface area contributed by atoms with Gasteiger partial charge in [-0.3, -0.25) is 19.3 Å². The molecule has 26 heavy (non-hydrogen) atoms. The molecule has 1 heterocycles. The lowest BCUT2D eigenvalue weighted by atomic mass is 10.0. The van der Waals surface area contributed by atoms with Gasteiger partial charge in [-0.05, 0) is 39.0 Å². The predicted octanol–water partition coefficient (Wildman–Crippen LogP) is 2.36. The van der Waals surface area contributed by atoms with Crippen LogP contribution in [0.25, 0.3) is 0 Å². The van der Waals surface area contributed by atoms with Crippen molar-refractivity contribution < 1.29 is 28.6 Å². The Morgan fingerprint density at radius 3 is 2.58 bits per heavy atom. The van der Waals surface area contributed by atoms with Crippen molar-refractivity contribution >= 4 is 23.3 Å². The maximum atomic E-state index is 12.8. The minimum atomic E-state index is -1.12. The van der Waals surface area contributed by atoms with Gasteiger partial charge in [0, 0.05) is 18.6 Å². The van der Waals surface area contributed by atoms with Gasteiger partial charge in [0.05, 0.1) is 12.3 Å². The average Bonchev–Trinajstić information content (AvgIpc) is 2.61. The fourth-order valence-electron chi connectivity index (χ4n) is 2.64. The lowest BCUT2D eigenvalue weighted by Gasteiger charge is -2.38. The smallest absolute Gasteiger partial charge is 0.326 e. The molecule has 0 saturated heterocycles. The third-order valence-corrected chi connectivity index (χ3v) is 4.00. The third-order valence-electron chi connectivity index (χ3n) is 4.00. The lowest BCUT2D eigenvalue weighted by Crippen LogP contribution is -2.54. The standard InChI is InChI=1S/C19H25NO6/c1-5-15(21)13-7-8-16-14(11-13)20(18(23)19(3,4)26-16)12-17(22)25-10-9-24-6-2/h7-8,11H,5-6,9-10,12H2,1-4H3. The van der Waals surface area contributed by atoms with Crippen LogP contribution in [0, 0.1) is 0 Å². The van der Waals surface area contributed by atoms with Crippen LogP contribution in [-0.4, -0.2) is 49.6 Å². The Morgan fingerprint density at radius 1 is 1.19 bits per heavy atom. The summed E-state index contributed by atoms with van der Waals surface area (Å²) < 4.78 is 16.0. The zero-order chi connectivity index (χ0) is 19.3. The van der Waals surface area contributed by atoms with E-state index in [1.54, 1.807) is 39.0 Å². The highest BCUT2D eigenvalue weighted by atomic mass is 16.6. The van der Waals surface area contributed by atoms with Gasteiger partial charge in [-0.1, -0.05) is 6.92 Å². The van der Waals surface area contributed by atoms with Crippen molar-refractivity contribution in [2.45, 2.75) is 39.7 Å². The molecule has 1 aromatic rings. The SMILES string of the molecule is CCOCCOC(=O)CN1C(=O)C(C)(C)Oc2ccc(C(=O)CC)cc21. The fraction of sp³-hybridized carbons (Fsp3) is 0.526. The fourth-order valence-corrected chi connectivity index (χ4v) is 2.64. The Balaban J connectivity index is 2.25. The zero-order valence-electron chi connectivity index (χ0n) is 15.7. The van der Waals surface area contributed by atoms with Gasteiger partial charge in [0.2, 0.25) is 0 Å². The van der Waals surface area contributed by atoms with E-state index in [-0.39, 0.29) is 24.8 Å². The van der Waals surface area contributed by atoms with Crippen molar-refractivity contribution in [2.75, 3.05) is 31.3 Å². The summed E-state index contributed by atoms with van der Waals surface area (Å²) in [6.45, 7) is 7.59. The first-order valence-corrected chi connectivity index (χ1v) is 8.71. The molecule has 7 heteroatoms. The number of ketones is 1. The number of anilines is 1. The lowest BCUT2D eigenvalue weighted by molar-refractivity contribution is -0.145. The summed E-state index contributed by atoms with van der Waals surface area (Å²) in [5.74, 6) is -0.518. The molecule has 0 unspecified atom stereocenters. The Hall–Kier alpha value is -2.41. The van der Waals surface area contributed by atoms with Gasteiger partial charge in [0.25, 0.3) is 5.91 Å². The van der Waals surface area contributed by atoms with Gasteiger partial charge < -0.3 is 14.2 Å². The van der Waals surface area contributed by atoms with E-state index < -0.39 is 11.6 Å². The van der Waals surface area contributed by atoms with E-state index in [9.17, 15) is 14.4 Å². The zero-order valence-corrected chi connectivity index (χ0v) is 15.7. The van der Waals surface area contributed by atoms with Crippen molar-refractivity contribution in [3.05, 3.63) is 23.8 Å². The molecule has 0 N–H and O–H groups in total. The molecular formula is C19H25NO6. The van der Waals surface area contributed by atoms with Crippen molar-refractivity contribution in [1.29, 1.82) is 0 Å². The number of ether oxygens (including phenoxy) is 3. The molecule has 0 aromatic heterocycles. The minimum Gasteiger partial charge on any atom is -0.476 e. The molecule has 7 nitrogen and oxygen atoms in total. The normalized spacial score (nSPS) is 15.2. The number of rotatable bonds is 8. The molecule has 1 aromatic carbocycles. The van der Waals surface area contributed by atoms with E-state index in [1.165, 1.54) is 4.90 Å². The molecule has 1 aliphatic rings. The second kappa shape index (κ2) is 8.31. The summed E-state index contributed by atoms with van der Waals surface area (Å²) in [6, 6.07) is 4.90. The highest BCUT2D eigenvalue weighted by molar-refractivity contribution is 6.06. The van der Waals surface area contributed by atoms with Crippen LogP contribution in [0.2, 0.25) is 0 Å². The third kappa shape index (κ3) is 4.40. The van der Waals surface area contributed by atoms with E-state index in [1.807, 2.05) is 6.92 Å². The van der Waals surface area contributed by atoms with Crippen LogP contribution in [0.15, 0.2) is 18.2 Å². The number of carbonyl (C=O) groups is 3. The molecule has 0 fully saturated rings. The number of Topliss-reactive ketones (excluding diaryl/α,β-unsaturated/α-hetero) is 1. The number of hydrogen-bond donors (Lipinski definition) is 0. The summed E-state index contributed by atoms with van der Waals surface area (Å²) in [7, 11) is 0. The van der Waals surface area contributed by atoms with E-state index in [4.69, 9.17) is 14.2 Å². The van der Waals surface area contributed by atoms with Crippen LogP contribution in [-0.2, 0) is 19.1 Å². The Kier molecular flexibility index (Phi) is 6.37. The van der Waals surface area contributed by atoms with Crippen LogP contribution < -0.4 is 9.64 Å². The van der Waals surface area contributed by atoms with E-state index in [2.05, 4.69) is 0 Å². The number of esters is 1. The first-order valence-electron chi connectivity index (χ1n) is 8.71. The first kappa shape index (κ1) is 19.9. The number of carbonyl (C=O) groups excluding carboxylic acids is 3. The summed E-state index contributed by atoms with van der Waals surface area (Å²) in [5, 5.41) is 0. The van der Waals surface area contributed by atoms with Crippen LogP contribution in [0.3, 0.4) is 0 Å². The number of benzene rings is 1. The van der Waals surface area contributed by atoms with Gasteiger partial charge in [-0.15, -0.1) is 0 Å². The van der Waals surface area contributed by atoms with Crippen LogP contribution in [0.1, 0.15) is 44.5 Å². The molecule has 0 aliphatic carbocycles. The van der Waals surface area contributed by atoms with Crippen molar-refractivity contribution in [1.82, 2.24) is 0 Å². The number of nitrogens with zero attached hydrogens (tertiary/aromatic N) is 1. The van der Waals surface area contributed by atoms with Gasteiger partial charge in [-0.25, -0.2) is 0 Å². The molecule has 0 radical (unpaired) electrons. The largest absolute Gasteiger partial charge is 0.476 e. The summed E-state index contributed by atoms with van der Waals surface area (Å²) in [5.41, 5.74) is -0.248. The number of hydrogen-bond acceptors (Lipinski definition) is 6. The molecular weight excluding hydrogens is 338 g/mol. The minimum absolute atomic E-state index is 0.0516. The van der Waals surface area contributed by atoms with E-state index >= 15 is 0 Å². The van der Waals surface area contributed by atoms with Gasteiger partial charge in [0.15, 0.2) is 11.4 Å². The van der Waals surface area contributed by atoms with Gasteiger partial charge >= 0.3 is 5.97 Å². The topological polar surface area (TPSA) is 82.1 Å². The van der Waals surface area contributed by atoms with Crippen molar-refractivity contribution in [3.63, 3.8) is 0 Å². The summed E-state index contributed by atoms with van der Waals surface area (Å²) >= 11 is 0. The molecule has 0 saturated carbocycles. The Bertz CT molecular complexity index is 697. The molecule has 0 spiro atoms. The van der Waals surface area contributed by atoms with E-state index in [0.29, 0.717) is 36.6 Å². The van der Waals surface area contributed by atoms with E-state index in [0.717, 1.165) is 0 Å². The second-order valence-corrected chi connectivity index (χ2v) is 6.38. The van der Waals surface area contributed by atoms with Crippen molar-refractivity contribution in [3.8, 4) is 5.75 Å². The predicted molar refractivity (Wildman–Crippen MR) is 95.6 cm³/mol. The number of fused-ring (bicyclic) bond motifs is 1. The maximum absolute atomic E-state index is 12.8. The summed E-state index contributed by atoms with van der Waals surface area (Å²) in [4.78, 5) is 38.2. The Morgan fingerprint density at radius 2 is 1.92 bits per heavy atom. The quantitative estimate of drug-likeness (QED) is 0.401. The molecule has 1 amide bonds. The Labute approximate surface area is 153 Å². The van der Waals surface area contributed by atoms with Crippen LogP contribution in [0.4, 0.5) is 5.69 Å². The first-order chi connectivity index (χ1) is 12.3. The van der Waals surface area contributed by atoms with Crippen molar-refractivity contribution in [2.24, 2.45) is 0 Å². The maximum Gasteiger partial charge on any atom is 0.326 e. The monoisotopic (exact) mass is 363 g/mol. The molecule has 142 valence electrons. The van der Waals surface area contributed by atoms with Gasteiger partial charge in [-0.2, -0.15) is 0 Å². The van der Waals surface area contributed by atoms with Crippen LogP contribution in [0.5, 0.6) is 5.75 Å². The second-order valence-electron chi connectivity index (χ2n) is 6.38. The summed E-state index contributed by atoms with van der Waals surface area (Å²) in [6.07, 6.45) is 0.346. The number of amides is 1.